The van der Waals surface area contributed by atoms with Crippen LogP contribution in [0.3, 0.4) is 0 Å². The Morgan fingerprint density at radius 2 is 1.85 bits per heavy atom. The molecular weight excluding hydrogens is 527 g/mol. The van der Waals surface area contributed by atoms with Crippen LogP contribution in [0, 0.1) is 17.1 Å². The summed E-state index contributed by atoms with van der Waals surface area (Å²) in [7, 11) is 2.68. The van der Waals surface area contributed by atoms with Crippen molar-refractivity contribution in [3.05, 3.63) is 94.1 Å². The van der Waals surface area contributed by atoms with Gasteiger partial charge in [-0.3, -0.25) is 4.90 Å². The number of hydrogen-bond acceptors (Lipinski definition) is 8. The number of ether oxygens (including phenoxy) is 3. The van der Waals surface area contributed by atoms with Crippen LogP contribution >= 0.6 is 0 Å². The fraction of sp³-hybridized carbons (Fsp3) is 0.290. The van der Waals surface area contributed by atoms with Gasteiger partial charge in [0.25, 0.3) is 0 Å². The molecule has 2 aromatic heterocycles. The summed E-state index contributed by atoms with van der Waals surface area (Å²) in [6.07, 6.45) is 1.72. The Hall–Kier alpha value is -4.75. The normalized spacial score (nSPS) is 14.0. The fourth-order valence-electron chi connectivity index (χ4n) is 5.19. The Kier molecular flexibility index (Phi) is 8.26. The fourth-order valence-corrected chi connectivity index (χ4v) is 5.19. The number of likely N-dealkylation sites (tertiary alicyclic amines) is 1. The number of aromatic amines is 1. The molecule has 0 radical (unpaired) electrons. The quantitative estimate of drug-likeness (QED) is 0.298. The van der Waals surface area contributed by atoms with Crippen LogP contribution in [0.4, 0.5) is 4.39 Å². The molecule has 3 heterocycles. The number of halogens is 1. The van der Waals surface area contributed by atoms with Crippen LogP contribution in [0.5, 0.6) is 5.88 Å². The molecule has 10 heteroatoms. The molecule has 0 unspecified atom stereocenters. The van der Waals surface area contributed by atoms with E-state index in [2.05, 4.69) is 14.9 Å². The lowest BCUT2D eigenvalue weighted by Gasteiger charge is -2.31. The summed E-state index contributed by atoms with van der Waals surface area (Å²) in [4.78, 5) is 34.9. The maximum atomic E-state index is 14.2. The van der Waals surface area contributed by atoms with E-state index in [1.54, 1.807) is 36.4 Å². The number of aromatic nitrogens is 2. The second-order valence-corrected chi connectivity index (χ2v) is 9.88. The number of pyridine rings is 1. The predicted molar refractivity (Wildman–Crippen MR) is 148 cm³/mol. The number of esters is 2. The summed E-state index contributed by atoms with van der Waals surface area (Å²) in [6.45, 7) is 2.11. The first-order valence-electron chi connectivity index (χ1n) is 13.2. The molecular formula is C31H29FN4O5. The number of carbonyl (C=O) groups is 2. The number of fused-ring (bicyclic) bond motifs is 1. The second kappa shape index (κ2) is 12.2. The molecule has 0 saturated carbocycles. The molecule has 0 aliphatic carbocycles. The molecule has 0 atom stereocenters. The third-order valence-corrected chi connectivity index (χ3v) is 7.38. The van der Waals surface area contributed by atoms with Crippen LogP contribution in [0.1, 0.15) is 62.0 Å². The van der Waals surface area contributed by atoms with Crippen LogP contribution in [-0.2, 0) is 22.6 Å². The minimum atomic E-state index is -0.484. The first-order chi connectivity index (χ1) is 19.9. The lowest BCUT2D eigenvalue weighted by Crippen LogP contribution is -2.33. The third-order valence-electron chi connectivity index (χ3n) is 7.38. The van der Waals surface area contributed by atoms with E-state index in [0.29, 0.717) is 40.0 Å². The average molecular weight is 557 g/mol. The van der Waals surface area contributed by atoms with Crippen LogP contribution < -0.4 is 4.74 Å². The van der Waals surface area contributed by atoms with Crippen molar-refractivity contribution in [1.29, 1.82) is 5.26 Å². The van der Waals surface area contributed by atoms with Crippen molar-refractivity contribution in [1.82, 2.24) is 14.9 Å². The van der Waals surface area contributed by atoms with Gasteiger partial charge >= 0.3 is 11.9 Å². The van der Waals surface area contributed by atoms with Gasteiger partial charge in [-0.15, -0.1) is 0 Å². The zero-order valence-corrected chi connectivity index (χ0v) is 22.8. The van der Waals surface area contributed by atoms with Gasteiger partial charge in [0.15, 0.2) is 0 Å². The second-order valence-electron chi connectivity index (χ2n) is 9.88. The summed E-state index contributed by atoms with van der Waals surface area (Å²) in [5, 5.41) is 9.61. The van der Waals surface area contributed by atoms with Crippen LogP contribution in [0.15, 0.2) is 54.6 Å². The molecule has 1 aliphatic heterocycles. The number of nitriles is 1. The first-order valence-corrected chi connectivity index (χ1v) is 13.2. The summed E-state index contributed by atoms with van der Waals surface area (Å²) in [5.74, 6) is -0.724. The molecule has 1 N–H and O–H groups in total. The molecule has 1 aliphatic rings. The molecule has 41 heavy (non-hydrogen) atoms. The van der Waals surface area contributed by atoms with E-state index in [-0.39, 0.29) is 18.1 Å². The number of piperidine rings is 1. The summed E-state index contributed by atoms with van der Waals surface area (Å²) < 4.78 is 29.9. The van der Waals surface area contributed by atoms with Crippen molar-refractivity contribution in [3.8, 4) is 11.9 Å². The number of nitrogens with one attached hydrogen (secondary N) is 1. The van der Waals surface area contributed by atoms with Crippen molar-refractivity contribution in [2.45, 2.75) is 31.9 Å². The van der Waals surface area contributed by atoms with Gasteiger partial charge in [0.2, 0.25) is 5.88 Å². The van der Waals surface area contributed by atoms with E-state index >= 15 is 0 Å². The number of methoxy groups -OCH3 is 2. The molecule has 2 aromatic carbocycles. The van der Waals surface area contributed by atoms with Gasteiger partial charge in [0.1, 0.15) is 12.4 Å². The summed E-state index contributed by atoms with van der Waals surface area (Å²) >= 11 is 0. The highest BCUT2D eigenvalue weighted by molar-refractivity contribution is 6.07. The molecule has 5 rings (SSSR count). The molecule has 0 amide bonds. The SMILES string of the molecule is COC(=O)c1ccc2c(C(=O)OC)c(CN3CCC(c4cccc(OCc5ccc(C#N)cc5F)n4)CC3)[nH]c2c1. The van der Waals surface area contributed by atoms with Gasteiger partial charge in [-0.05, 0) is 56.3 Å². The third kappa shape index (κ3) is 6.05. The van der Waals surface area contributed by atoms with E-state index in [1.807, 2.05) is 18.2 Å². The van der Waals surface area contributed by atoms with Crippen LogP contribution in [0.25, 0.3) is 10.9 Å². The van der Waals surface area contributed by atoms with Crippen molar-refractivity contribution in [3.63, 3.8) is 0 Å². The van der Waals surface area contributed by atoms with Crippen LogP contribution in [0.2, 0.25) is 0 Å². The zero-order chi connectivity index (χ0) is 28.9. The smallest absolute Gasteiger partial charge is 0.340 e. The average Bonchev–Trinajstić information content (AvgIpc) is 3.37. The van der Waals surface area contributed by atoms with E-state index in [0.717, 1.165) is 37.3 Å². The maximum Gasteiger partial charge on any atom is 0.340 e. The van der Waals surface area contributed by atoms with E-state index in [9.17, 15) is 14.0 Å². The summed E-state index contributed by atoms with van der Waals surface area (Å²) in [6, 6.07) is 16.9. The zero-order valence-electron chi connectivity index (χ0n) is 22.8. The number of hydrogen-bond donors (Lipinski definition) is 1. The maximum absolute atomic E-state index is 14.2. The standard InChI is InChI=1S/C31H29FN4O5/c1-39-30(37)21-8-9-23-26(15-21)34-27(29(23)31(38)40-2)17-36-12-10-20(11-13-36)25-4-3-5-28(35-25)41-18-22-7-6-19(16-33)14-24(22)32/h3-9,14-15,20,34H,10-13,17-18H2,1-2H3. The van der Waals surface area contributed by atoms with Crippen molar-refractivity contribution in [2.24, 2.45) is 0 Å². The lowest BCUT2D eigenvalue weighted by atomic mass is 9.93. The molecule has 1 saturated heterocycles. The molecule has 0 bridgehead atoms. The Bertz CT molecular complexity index is 1640. The van der Waals surface area contributed by atoms with Gasteiger partial charge in [-0.2, -0.15) is 5.26 Å². The number of nitrogens with zero attached hydrogens (tertiary/aromatic N) is 3. The highest BCUT2D eigenvalue weighted by Crippen LogP contribution is 2.31. The van der Waals surface area contributed by atoms with E-state index in [1.165, 1.54) is 20.3 Å². The number of benzene rings is 2. The van der Waals surface area contributed by atoms with Crippen LogP contribution in [-0.4, -0.2) is 54.1 Å². The first kappa shape index (κ1) is 27.8. The molecule has 0 spiro atoms. The Balaban J connectivity index is 1.24. The number of rotatable bonds is 8. The Labute approximate surface area is 236 Å². The van der Waals surface area contributed by atoms with Gasteiger partial charge in [-0.1, -0.05) is 18.2 Å². The Morgan fingerprint density at radius 1 is 1.07 bits per heavy atom. The monoisotopic (exact) mass is 556 g/mol. The van der Waals surface area contributed by atoms with Crippen molar-refractivity contribution in [2.75, 3.05) is 27.3 Å². The van der Waals surface area contributed by atoms with Crippen molar-refractivity contribution >= 4 is 22.8 Å². The van der Waals surface area contributed by atoms with E-state index < -0.39 is 17.8 Å². The van der Waals surface area contributed by atoms with E-state index in [4.69, 9.17) is 19.5 Å². The van der Waals surface area contributed by atoms with Gasteiger partial charge < -0.3 is 19.2 Å². The minimum absolute atomic E-state index is 0.0145. The van der Waals surface area contributed by atoms with Gasteiger partial charge in [-0.25, -0.2) is 19.0 Å². The lowest BCUT2D eigenvalue weighted by molar-refractivity contribution is 0.0592. The number of carbonyl (C=O) groups excluding carboxylic acids is 2. The highest BCUT2D eigenvalue weighted by atomic mass is 19.1. The topological polar surface area (TPSA) is 118 Å². The number of H-pyrrole nitrogens is 1. The largest absolute Gasteiger partial charge is 0.473 e. The molecule has 4 aromatic rings. The van der Waals surface area contributed by atoms with Gasteiger partial charge in [0.05, 0.1) is 37.0 Å². The summed E-state index contributed by atoms with van der Waals surface area (Å²) in [5.41, 5.74) is 3.79. The molecule has 210 valence electrons. The highest BCUT2D eigenvalue weighted by Gasteiger charge is 2.26. The predicted octanol–water partition coefficient (Wildman–Crippen LogP) is 5.11. The van der Waals surface area contributed by atoms with Gasteiger partial charge in [0, 0.05) is 46.4 Å². The molecule has 1 fully saturated rings. The molecule has 9 nitrogen and oxygen atoms in total. The Morgan fingerprint density at radius 3 is 2.56 bits per heavy atom. The minimum Gasteiger partial charge on any atom is -0.473 e. The van der Waals surface area contributed by atoms with Crippen molar-refractivity contribution < 1.29 is 28.2 Å².